The minimum absolute atomic E-state index is 0. The summed E-state index contributed by atoms with van der Waals surface area (Å²) in [5.74, 6) is 19.3. The number of nitrogens with zero attached hydrogens (tertiary/aromatic N) is 4. The van der Waals surface area contributed by atoms with Gasteiger partial charge in [-0.2, -0.15) is 0 Å². The second-order valence-corrected chi connectivity index (χ2v) is 15.5. The highest BCUT2D eigenvalue weighted by Crippen LogP contribution is 2.49. The van der Waals surface area contributed by atoms with Gasteiger partial charge in [-0.05, 0) is 71.5 Å². The van der Waals surface area contributed by atoms with E-state index in [2.05, 4.69) is 81.3 Å². The van der Waals surface area contributed by atoms with Gasteiger partial charge in [-0.3, -0.25) is 29.5 Å². The number of hydrogen-bond acceptors (Lipinski definition) is 13. The summed E-state index contributed by atoms with van der Waals surface area (Å²) in [6, 6.07) is 7.53. The molecule has 0 saturated heterocycles. The SMILES string of the molecule is C#CC#CC#CC#CC#COCC(COP(=O)(CCCCCC)Oc1ccc([N+](=O)[O-])cc1)NC(=O)CCCCCCCCCCCNc1ccc([N+](=O)[O-])c2nonc12.[HH].[HH].[HH].[HH].[HH].[HH].[HH].[HH].[HH].[HH].[HH]. The van der Waals surface area contributed by atoms with E-state index in [1.807, 2.05) is 0 Å². The maximum atomic E-state index is 14.0. The Kier molecular flexibility index (Phi) is 22.4. The van der Waals surface area contributed by atoms with Crippen LogP contribution in [0.2, 0.25) is 0 Å². The Balaban J connectivity index is -0.000000499. The van der Waals surface area contributed by atoms with Crippen LogP contribution in [0.4, 0.5) is 17.1 Å². The molecule has 338 valence electrons. The van der Waals surface area contributed by atoms with E-state index in [0.717, 1.165) is 70.6 Å². The Hall–Kier alpha value is -6.50. The predicted octanol–water partition coefficient (Wildman–Crippen LogP) is 11.0. The molecule has 0 aliphatic carbocycles. The number of ether oxygens (including phenoxy) is 1. The molecule has 0 bridgehead atoms. The maximum absolute atomic E-state index is 14.0. The molecule has 0 radical (unpaired) electrons. The molecule has 0 aliphatic rings. The van der Waals surface area contributed by atoms with Crippen LogP contribution >= 0.6 is 7.60 Å². The number of rotatable bonds is 28. The molecule has 16 nitrogen and oxygen atoms in total. The fourth-order valence-electron chi connectivity index (χ4n) is 5.70. The third kappa shape index (κ3) is 18.8. The van der Waals surface area contributed by atoms with Gasteiger partial charge in [-0.15, -0.1) is 6.42 Å². The fourth-order valence-corrected chi connectivity index (χ4v) is 7.44. The number of carbonyl (C=O) groups is 1. The normalized spacial score (nSPS) is 11.6. The zero-order valence-corrected chi connectivity index (χ0v) is 34.6. The Morgan fingerprint density at radius 3 is 2.12 bits per heavy atom. The van der Waals surface area contributed by atoms with Crippen molar-refractivity contribution >= 4 is 41.6 Å². The number of carbonyl (C=O) groups excluding carboxylic acids is 1. The topological polar surface area (TPSA) is 211 Å². The lowest BCUT2D eigenvalue weighted by Crippen LogP contribution is -2.41. The number of non-ortho nitro benzene ring substituents is 2. The predicted molar refractivity (Wildman–Crippen MR) is 250 cm³/mol. The number of nitro benzene ring substituents is 2. The zero-order valence-electron chi connectivity index (χ0n) is 33.7. The Bertz CT molecular complexity index is 2250. The van der Waals surface area contributed by atoms with Crippen molar-refractivity contribution in [3.8, 4) is 65.6 Å². The minimum Gasteiger partial charge on any atom is -0.444 e. The molecule has 17 heteroatoms. The molecule has 0 spiro atoms. The number of hydrogen-bond donors (Lipinski definition) is 2. The molecule has 2 aromatic carbocycles. The smallest absolute Gasteiger partial charge is 0.379 e. The van der Waals surface area contributed by atoms with Crippen molar-refractivity contribution in [2.45, 2.75) is 103 Å². The highest BCUT2D eigenvalue weighted by atomic mass is 31.2. The van der Waals surface area contributed by atoms with E-state index in [-0.39, 0.29) is 70.0 Å². The third-order valence-electron chi connectivity index (χ3n) is 8.76. The Morgan fingerprint density at radius 1 is 0.817 bits per heavy atom. The van der Waals surface area contributed by atoms with E-state index in [0.29, 0.717) is 30.6 Å². The van der Waals surface area contributed by atoms with Crippen LogP contribution in [0.25, 0.3) is 11.0 Å². The van der Waals surface area contributed by atoms with E-state index in [1.54, 1.807) is 6.07 Å². The van der Waals surface area contributed by atoms with Gasteiger partial charge in [0.25, 0.3) is 5.69 Å². The van der Waals surface area contributed by atoms with Gasteiger partial charge in [0.15, 0.2) is 5.52 Å². The lowest BCUT2D eigenvalue weighted by atomic mass is 10.1. The summed E-state index contributed by atoms with van der Waals surface area (Å²) in [6.45, 7) is 2.46. The van der Waals surface area contributed by atoms with Crippen LogP contribution in [0.5, 0.6) is 5.75 Å². The largest absolute Gasteiger partial charge is 0.444 e. The highest BCUT2D eigenvalue weighted by Gasteiger charge is 2.29. The average molecular weight is 863 g/mol. The van der Waals surface area contributed by atoms with Crippen LogP contribution in [-0.4, -0.2) is 58.0 Å². The summed E-state index contributed by atoms with van der Waals surface area (Å²) in [7, 11) is -3.76. The first-order valence-electron chi connectivity index (χ1n) is 19.8. The van der Waals surface area contributed by atoms with Gasteiger partial charge >= 0.3 is 13.3 Å². The van der Waals surface area contributed by atoms with Gasteiger partial charge in [-0.25, -0.2) is 9.19 Å². The molecule has 2 atom stereocenters. The number of nitro groups is 2. The maximum Gasteiger partial charge on any atom is 0.379 e. The van der Waals surface area contributed by atoms with Crippen molar-refractivity contribution in [1.82, 2.24) is 15.6 Å². The summed E-state index contributed by atoms with van der Waals surface area (Å²) in [5.41, 5.74) is 0.831. The number of amides is 1. The van der Waals surface area contributed by atoms with Crippen molar-refractivity contribution in [2.75, 3.05) is 31.2 Å². The molecule has 0 aliphatic heterocycles. The van der Waals surface area contributed by atoms with Crippen LogP contribution in [-0.2, 0) is 18.6 Å². The molecule has 2 unspecified atom stereocenters. The number of unbranched alkanes of at least 4 members (excludes halogenated alkanes) is 11. The summed E-state index contributed by atoms with van der Waals surface area (Å²) >= 11 is 0. The number of aromatic nitrogens is 2. The molecule has 1 amide bonds. The number of fused-ring (bicyclic) bond motifs is 1. The molecule has 0 fully saturated rings. The van der Waals surface area contributed by atoms with Crippen molar-refractivity contribution in [1.29, 1.82) is 0 Å². The molecular formula is C43H71N6O10P. The van der Waals surface area contributed by atoms with Gasteiger partial charge in [-0.1, -0.05) is 71.1 Å². The first kappa shape index (κ1) is 47.9. The van der Waals surface area contributed by atoms with Crippen molar-refractivity contribution in [3.05, 3.63) is 56.6 Å². The van der Waals surface area contributed by atoms with Crippen LogP contribution in [0.3, 0.4) is 0 Å². The zero-order chi connectivity index (χ0) is 43.3. The van der Waals surface area contributed by atoms with E-state index in [9.17, 15) is 29.6 Å². The van der Waals surface area contributed by atoms with Crippen LogP contribution in [0.15, 0.2) is 41.0 Å². The number of benzene rings is 2. The summed E-state index contributed by atoms with van der Waals surface area (Å²) in [4.78, 5) is 34.2. The van der Waals surface area contributed by atoms with Crippen molar-refractivity contribution in [2.24, 2.45) is 0 Å². The monoisotopic (exact) mass is 862 g/mol. The third-order valence-corrected chi connectivity index (χ3v) is 10.7. The molecule has 1 aromatic heterocycles. The van der Waals surface area contributed by atoms with Crippen LogP contribution in [0, 0.1) is 80.1 Å². The number of anilines is 1. The molecule has 1 heterocycles. The van der Waals surface area contributed by atoms with E-state index >= 15 is 0 Å². The standard InChI is InChI=1S/C43H49N6O10P.11H2/c1-3-5-7-9-10-16-19-22-32-56-34-36(35-57-60(55,33-23-8-6-4-2)58-38-27-25-37(26-28-38)48(51)52)45-41(50)24-20-17-14-12-11-13-15-18-21-31-44-39-29-30-40(49(53)54)43-42(39)46-59-47-43;;;;;;;;;;;/h1,25-30,36,44H,4,6,8,11-15,17-18,20-21,23-24,31,33-35H2,2H3,(H,45,50);11*1H. The molecule has 2 N–H and O–H groups in total. The van der Waals surface area contributed by atoms with Gasteiger partial charge in [0.2, 0.25) is 11.4 Å². The van der Waals surface area contributed by atoms with Crippen LogP contribution in [0.1, 0.15) is 113 Å². The van der Waals surface area contributed by atoms with Gasteiger partial charge in [0.05, 0.1) is 34.3 Å². The molecule has 3 rings (SSSR count). The summed E-state index contributed by atoms with van der Waals surface area (Å²) in [5, 5.41) is 35.9. The second-order valence-electron chi connectivity index (χ2n) is 13.4. The Morgan fingerprint density at radius 2 is 1.45 bits per heavy atom. The minimum atomic E-state index is -3.76. The van der Waals surface area contributed by atoms with Gasteiger partial charge in [0, 0.05) is 70.5 Å². The fraction of sp³-hybridized carbons (Fsp3) is 0.465. The highest BCUT2D eigenvalue weighted by molar-refractivity contribution is 7.54. The summed E-state index contributed by atoms with van der Waals surface area (Å²) in [6.07, 6.45) is 20.0. The quantitative estimate of drug-likeness (QED) is 0.0229. The average Bonchev–Trinajstić information content (AvgIpc) is 3.73. The molecule has 3 aromatic rings. The van der Waals surface area contributed by atoms with Gasteiger partial charge < -0.3 is 19.9 Å². The van der Waals surface area contributed by atoms with Crippen LogP contribution < -0.4 is 15.2 Å². The van der Waals surface area contributed by atoms with E-state index in [1.165, 1.54) is 30.3 Å². The van der Waals surface area contributed by atoms with Crippen molar-refractivity contribution < 1.29 is 53.3 Å². The van der Waals surface area contributed by atoms with Crippen molar-refractivity contribution in [3.63, 3.8) is 0 Å². The number of terminal acetylenes is 1. The Labute approximate surface area is 366 Å². The van der Waals surface area contributed by atoms with E-state index in [4.69, 9.17) is 24.8 Å². The first-order valence-corrected chi connectivity index (χ1v) is 21.6. The van der Waals surface area contributed by atoms with E-state index < -0.39 is 23.5 Å². The molecule has 60 heavy (non-hydrogen) atoms. The molecular weight excluding hydrogens is 791 g/mol. The van der Waals surface area contributed by atoms with Gasteiger partial charge in [0.1, 0.15) is 18.5 Å². The first-order chi connectivity index (χ1) is 29.2. The molecule has 0 saturated carbocycles. The number of nitrogens with one attached hydrogen (secondary N) is 2. The lowest BCUT2D eigenvalue weighted by molar-refractivity contribution is -0.384. The lowest BCUT2D eigenvalue weighted by Gasteiger charge is -2.23. The second kappa shape index (κ2) is 28.0. The summed E-state index contributed by atoms with van der Waals surface area (Å²) < 4.78 is 35.8.